The van der Waals surface area contributed by atoms with Crippen LogP contribution in [0.15, 0.2) is 18.3 Å². The van der Waals surface area contributed by atoms with Gasteiger partial charge < -0.3 is 0 Å². The average molecular weight is 303 g/mol. The molecule has 2 heterocycles. The van der Waals surface area contributed by atoms with Crippen LogP contribution in [0.25, 0.3) is 0 Å². The highest BCUT2D eigenvalue weighted by molar-refractivity contribution is 7.20. The van der Waals surface area contributed by atoms with Gasteiger partial charge in [0.25, 0.3) is 0 Å². The molecule has 2 aromatic rings. The molecule has 0 aliphatic rings. The first-order chi connectivity index (χ1) is 8.47. The van der Waals surface area contributed by atoms with Crippen LogP contribution < -0.4 is 0 Å². The van der Waals surface area contributed by atoms with E-state index in [1.54, 1.807) is 19.3 Å². The van der Waals surface area contributed by atoms with Crippen molar-refractivity contribution >= 4 is 46.1 Å². The van der Waals surface area contributed by atoms with Crippen molar-refractivity contribution in [3.8, 4) is 0 Å². The molecule has 18 heavy (non-hydrogen) atoms. The lowest BCUT2D eigenvalue weighted by atomic mass is 10.1. The van der Waals surface area contributed by atoms with Gasteiger partial charge in [0.05, 0.1) is 10.8 Å². The topological polar surface area (TPSA) is 52.0 Å². The quantitative estimate of drug-likeness (QED) is 0.643. The monoisotopic (exact) mass is 302 g/mol. The van der Waals surface area contributed by atoms with Crippen molar-refractivity contribution in [3.63, 3.8) is 0 Å². The Morgan fingerprint density at radius 3 is 2.61 bits per heavy atom. The van der Waals surface area contributed by atoms with Crippen LogP contribution in [0.1, 0.15) is 27.3 Å². The van der Waals surface area contributed by atoms with E-state index in [1.807, 2.05) is 0 Å². The molecule has 0 aliphatic heterocycles. The number of ketones is 2. The minimum atomic E-state index is -0.348. The van der Waals surface area contributed by atoms with E-state index in [9.17, 15) is 9.59 Å². The first-order valence-electron chi connectivity index (χ1n) is 4.98. The zero-order valence-corrected chi connectivity index (χ0v) is 11.6. The second-order valence-corrected chi connectivity index (χ2v) is 5.92. The van der Waals surface area contributed by atoms with Crippen LogP contribution >= 0.6 is 34.5 Å². The predicted molar refractivity (Wildman–Crippen MR) is 70.8 cm³/mol. The van der Waals surface area contributed by atoms with Gasteiger partial charge in [0.1, 0.15) is 10.0 Å². The van der Waals surface area contributed by atoms with Gasteiger partial charge in [0.2, 0.25) is 0 Å². The summed E-state index contributed by atoms with van der Waals surface area (Å²) < 4.78 is 2.24. The Labute approximate surface area is 117 Å². The second-order valence-electron chi connectivity index (χ2n) is 3.64. The number of carbonyl (C=O) groups is 2. The van der Waals surface area contributed by atoms with Crippen molar-refractivity contribution < 1.29 is 9.59 Å². The summed E-state index contributed by atoms with van der Waals surface area (Å²) in [5.74, 6) is -0.683. The third kappa shape index (κ3) is 2.80. The molecule has 0 amide bonds. The molecule has 7 heteroatoms. The van der Waals surface area contributed by atoms with Crippen LogP contribution in [0.2, 0.25) is 8.67 Å². The maximum atomic E-state index is 11.9. The number of hydrogen-bond donors (Lipinski definition) is 0. The molecular formula is C11H8Cl2N2O2S. The summed E-state index contributed by atoms with van der Waals surface area (Å²) in [5, 5.41) is 3.94. The van der Waals surface area contributed by atoms with E-state index in [1.165, 1.54) is 10.7 Å². The number of Topliss-reactive ketones (excluding diaryl/α,β-unsaturated/α-hetero) is 2. The Kier molecular flexibility index (Phi) is 3.85. The first-order valence-corrected chi connectivity index (χ1v) is 6.55. The standard InChI is InChI=1S/C11H8Cl2N2O2S/c1-15-3-2-7(14-15)9(17)5-8(16)6-4-10(12)18-11(6)13/h2-4H,5H2,1H3. The number of rotatable bonds is 4. The fourth-order valence-corrected chi connectivity index (χ4v) is 2.92. The van der Waals surface area contributed by atoms with E-state index in [-0.39, 0.29) is 29.2 Å². The lowest BCUT2D eigenvalue weighted by Gasteiger charge is -1.97. The van der Waals surface area contributed by atoms with Crippen molar-refractivity contribution in [3.05, 3.63) is 38.3 Å². The summed E-state index contributed by atoms with van der Waals surface area (Å²) in [6.45, 7) is 0. The summed E-state index contributed by atoms with van der Waals surface area (Å²) in [6, 6.07) is 3.04. The third-order valence-corrected chi connectivity index (χ3v) is 3.77. The fourth-order valence-electron chi connectivity index (χ4n) is 1.43. The molecule has 0 N–H and O–H groups in total. The predicted octanol–water partition coefficient (Wildman–Crippen LogP) is 3.24. The molecule has 0 radical (unpaired) electrons. The Morgan fingerprint density at radius 1 is 1.39 bits per heavy atom. The van der Waals surface area contributed by atoms with Gasteiger partial charge >= 0.3 is 0 Å². The van der Waals surface area contributed by atoms with E-state index in [0.29, 0.717) is 8.67 Å². The molecular weight excluding hydrogens is 295 g/mol. The van der Waals surface area contributed by atoms with Crippen LogP contribution in [0.5, 0.6) is 0 Å². The number of aromatic nitrogens is 2. The number of nitrogens with zero attached hydrogens (tertiary/aromatic N) is 2. The largest absolute Gasteiger partial charge is 0.294 e. The molecule has 0 aromatic carbocycles. The Hall–Kier alpha value is -1.17. The normalized spacial score (nSPS) is 10.6. The number of carbonyl (C=O) groups excluding carboxylic acids is 2. The Morgan fingerprint density at radius 2 is 2.11 bits per heavy atom. The Balaban J connectivity index is 2.13. The molecule has 4 nitrogen and oxygen atoms in total. The Bertz CT molecular complexity index is 618. The van der Waals surface area contributed by atoms with Gasteiger partial charge in [-0.25, -0.2) is 0 Å². The van der Waals surface area contributed by atoms with Crippen LogP contribution in [-0.4, -0.2) is 21.3 Å². The molecule has 0 atom stereocenters. The van der Waals surface area contributed by atoms with Gasteiger partial charge in [-0.15, -0.1) is 11.3 Å². The summed E-state index contributed by atoms with van der Waals surface area (Å²) in [4.78, 5) is 23.7. The van der Waals surface area contributed by atoms with Crippen LogP contribution in [-0.2, 0) is 7.05 Å². The van der Waals surface area contributed by atoms with E-state index in [4.69, 9.17) is 23.2 Å². The SMILES string of the molecule is Cn1ccc(C(=O)CC(=O)c2cc(Cl)sc2Cl)n1. The fraction of sp³-hybridized carbons (Fsp3) is 0.182. The van der Waals surface area contributed by atoms with Gasteiger partial charge in [-0.2, -0.15) is 5.10 Å². The highest BCUT2D eigenvalue weighted by Crippen LogP contribution is 2.32. The van der Waals surface area contributed by atoms with E-state index >= 15 is 0 Å². The summed E-state index contributed by atoms with van der Waals surface area (Å²) in [7, 11) is 1.70. The molecule has 0 bridgehead atoms. The molecule has 2 aromatic heterocycles. The van der Waals surface area contributed by atoms with Crippen LogP contribution in [0.3, 0.4) is 0 Å². The van der Waals surface area contributed by atoms with Crippen molar-refractivity contribution in [2.45, 2.75) is 6.42 Å². The molecule has 0 spiro atoms. The van der Waals surface area contributed by atoms with E-state index < -0.39 is 0 Å². The van der Waals surface area contributed by atoms with E-state index in [0.717, 1.165) is 11.3 Å². The van der Waals surface area contributed by atoms with Gasteiger partial charge in [-0.05, 0) is 12.1 Å². The zero-order valence-electron chi connectivity index (χ0n) is 9.31. The second kappa shape index (κ2) is 5.22. The van der Waals surface area contributed by atoms with Crippen molar-refractivity contribution in [1.82, 2.24) is 9.78 Å². The van der Waals surface area contributed by atoms with Gasteiger partial charge in [0.15, 0.2) is 11.6 Å². The minimum absolute atomic E-state index is 0.260. The van der Waals surface area contributed by atoms with Gasteiger partial charge in [-0.3, -0.25) is 14.3 Å². The average Bonchev–Trinajstić information content (AvgIpc) is 2.84. The zero-order chi connectivity index (χ0) is 13.3. The van der Waals surface area contributed by atoms with Crippen LogP contribution in [0, 0.1) is 0 Å². The number of halogens is 2. The number of aryl methyl sites for hydroxylation is 1. The highest BCUT2D eigenvalue weighted by Gasteiger charge is 2.19. The molecule has 0 fully saturated rings. The van der Waals surface area contributed by atoms with Crippen LogP contribution in [0.4, 0.5) is 0 Å². The van der Waals surface area contributed by atoms with Crippen molar-refractivity contribution in [2.75, 3.05) is 0 Å². The van der Waals surface area contributed by atoms with Crippen molar-refractivity contribution in [1.29, 1.82) is 0 Å². The minimum Gasteiger partial charge on any atom is -0.294 e. The number of hydrogen-bond acceptors (Lipinski definition) is 4. The molecule has 2 rings (SSSR count). The molecule has 0 unspecified atom stereocenters. The number of thiophene rings is 1. The highest BCUT2D eigenvalue weighted by atomic mass is 35.5. The molecule has 94 valence electrons. The summed E-state index contributed by atoms with van der Waals surface area (Å²) in [5.41, 5.74) is 0.555. The summed E-state index contributed by atoms with van der Waals surface area (Å²) >= 11 is 12.7. The lowest BCUT2D eigenvalue weighted by molar-refractivity contribution is 0.0891. The molecule has 0 saturated carbocycles. The third-order valence-electron chi connectivity index (χ3n) is 2.28. The summed E-state index contributed by atoms with van der Waals surface area (Å²) in [6.07, 6.45) is 1.38. The first kappa shape index (κ1) is 13.3. The molecule has 0 aliphatic carbocycles. The maximum Gasteiger partial charge on any atom is 0.190 e. The van der Waals surface area contributed by atoms with Crippen molar-refractivity contribution in [2.24, 2.45) is 7.05 Å². The lowest BCUT2D eigenvalue weighted by Crippen LogP contribution is -2.09. The van der Waals surface area contributed by atoms with Gasteiger partial charge in [0, 0.05) is 18.8 Å². The smallest absolute Gasteiger partial charge is 0.190 e. The van der Waals surface area contributed by atoms with Gasteiger partial charge in [-0.1, -0.05) is 23.2 Å². The maximum absolute atomic E-state index is 11.9. The van der Waals surface area contributed by atoms with E-state index in [2.05, 4.69) is 5.10 Å². The molecule has 0 saturated heterocycles.